The molecule has 0 aliphatic carbocycles. The monoisotopic (exact) mass is 608 g/mol. The van der Waals surface area contributed by atoms with Crippen molar-refractivity contribution in [2.24, 2.45) is 0 Å². The summed E-state index contributed by atoms with van der Waals surface area (Å²) >= 11 is 5.98. The van der Waals surface area contributed by atoms with Gasteiger partial charge in [0.15, 0.2) is 0 Å². The third kappa shape index (κ3) is 11.1. The number of nitrogens with one attached hydrogen (secondary N) is 1. The topological polar surface area (TPSA) is 88.1 Å². The minimum atomic E-state index is -1.43. The number of amides is 2. The lowest BCUT2D eigenvalue weighted by Gasteiger charge is -2.27. The average molecular weight is 609 g/mol. The Labute approximate surface area is 261 Å². The number of nitrogens with zero attached hydrogens (tertiary/aromatic N) is 1. The third-order valence-electron chi connectivity index (χ3n) is 7.35. The fraction of sp³-hybridized carbons (Fsp3) is 0.429. The smallest absolute Gasteiger partial charge is 0.348 e. The molecule has 8 heteroatoms. The molecule has 2 amide bonds. The molecule has 0 spiro atoms. The van der Waals surface area contributed by atoms with Crippen LogP contribution in [0.3, 0.4) is 0 Å². The quantitative estimate of drug-likeness (QED) is 0.149. The van der Waals surface area contributed by atoms with Crippen molar-refractivity contribution >= 4 is 29.3 Å². The van der Waals surface area contributed by atoms with Crippen LogP contribution in [0, 0.1) is 0 Å². The highest BCUT2D eigenvalue weighted by molar-refractivity contribution is 6.30. The number of unbranched alkanes of at least 4 members (excludes halogenated alkanes) is 4. The van der Waals surface area contributed by atoms with Gasteiger partial charge >= 0.3 is 12.0 Å². The van der Waals surface area contributed by atoms with Crippen molar-refractivity contribution in [1.82, 2.24) is 4.90 Å². The molecule has 3 aromatic carbocycles. The highest BCUT2D eigenvalue weighted by atomic mass is 35.5. The lowest BCUT2D eigenvalue weighted by atomic mass is 9.96. The Hall–Kier alpha value is -3.71. The predicted molar refractivity (Wildman–Crippen MR) is 174 cm³/mol. The number of urea groups is 1. The summed E-state index contributed by atoms with van der Waals surface area (Å²) in [4.78, 5) is 27.0. The zero-order valence-electron chi connectivity index (χ0n) is 25.8. The molecule has 3 aromatic rings. The van der Waals surface area contributed by atoms with Crippen LogP contribution in [0.15, 0.2) is 72.8 Å². The van der Waals surface area contributed by atoms with Gasteiger partial charge in [0.25, 0.3) is 0 Å². The second-order valence-corrected chi connectivity index (χ2v) is 11.8. The highest BCUT2D eigenvalue weighted by Gasteiger charge is 2.36. The molecule has 7 nitrogen and oxygen atoms in total. The Balaban J connectivity index is 1.57. The number of hydrogen-bond donors (Lipinski definition) is 2. The number of carboxylic acid groups (broad SMARTS) is 1. The molecule has 0 aliphatic heterocycles. The van der Waals surface area contributed by atoms with Crippen molar-refractivity contribution in [3.8, 4) is 11.5 Å². The Morgan fingerprint density at radius 2 is 1.51 bits per heavy atom. The Bertz CT molecular complexity index is 1280. The molecule has 1 atom stereocenters. The van der Waals surface area contributed by atoms with Crippen LogP contribution in [0.2, 0.25) is 5.02 Å². The lowest BCUT2D eigenvalue weighted by molar-refractivity contribution is -0.153. The highest BCUT2D eigenvalue weighted by Crippen LogP contribution is 2.26. The second kappa shape index (κ2) is 16.8. The van der Waals surface area contributed by atoms with Gasteiger partial charge in [-0.3, -0.25) is 0 Å². The van der Waals surface area contributed by atoms with E-state index in [1.807, 2.05) is 48.5 Å². The number of carboxylic acids is 1. The summed E-state index contributed by atoms with van der Waals surface area (Å²) < 4.78 is 11.9. The van der Waals surface area contributed by atoms with Gasteiger partial charge in [0.1, 0.15) is 18.1 Å². The molecule has 2 N–H and O–H groups in total. The van der Waals surface area contributed by atoms with Crippen molar-refractivity contribution in [3.05, 3.63) is 88.9 Å². The number of carbonyl (C=O) groups is 2. The summed E-state index contributed by atoms with van der Waals surface area (Å²) in [5.74, 6) is 0.509. The first-order valence-corrected chi connectivity index (χ1v) is 15.5. The number of aliphatic carboxylic acids is 1. The minimum Gasteiger partial charge on any atom is -0.492 e. The van der Waals surface area contributed by atoms with E-state index in [2.05, 4.69) is 26.1 Å². The van der Waals surface area contributed by atoms with Crippen LogP contribution in [-0.2, 0) is 11.2 Å². The molecule has 1 unspecified atom stereocenters. The van der Waals surface area contributed by atoms with E-state index >= 15 is 0 Å². The summed E-state index contributed by atoms with van der Waals surface area (Å²) in [6, 6.07) is 21.8. The van der Waals surface area contributed by atoms with Gasteiger partial charge in [-0.05, 0) is 78.9 Å². The van der Waals surface area contributed by atoms with Crippen LogP contribution in [-0.4, -0.2) is 47.3 Å². The molecule has 0 heterocycles. The van der Waals surface area contributed by atoms with Crippen LogP contribution in [0.5, 0.6) is 11.5 Å². The normalized spacial score (nSPS) is 12.4. The third-order valence-corrected chi connectivity index (χ3v) is 7.60. The van der Waals surface area contributed by atoms with E-state index in [1.54, 1.807) is 36.1 Å². The second-order valence-electron chi connectivity index (χ2n) is 11.4. The van der Waals surface area contributed by atoms with Gasteiger partial charge in [-0.1, -0.05) is 82.3 Å². The first kappa shape index (κ1) is 33.8. The van der Waals surface area contributed by atoms with Crippen molar-refractivity contribution in [2.45, 2.75) is 77.7 Å². The van der Waals surface area contributed by atoms with Gasteiger partial charge in [0, 0.05) is 23.7 Å². The molecule has 0 bridgehead atoms. The predicted octanol–water partition coefficient (Wildman–Crippen LogP) is 8.81. The van der Waals surface area contributed by atoms with E-state index < -0.39 is 11.6 Å². The molecular formula is C35H45ClN2O5. The van der Waals surface area contributed by atoms with E-state index in [1.165, 1.54) is 12.8 Å². The number of hydrogen-bond acceptors (Lipinski definition) is 4. The van der Waals surface area contributed by atoms with Crippen LogP contribution < -0.4 is 14.8 Å². The van der Waals surface area contributed by atoms with E-state index in [-0.39, 0.29) is 12.5 Å². The molecule has 0 saturated heterocycles. The number of halogens is 1. The largest absolute Gasteiger partial charge is 0.492 e. The maximum atomic E-state index is 13.0. The zero-order valence-corrected chi connectivity index (χ0v) is 26.5. The number of anilines is 1. The van der Waals surface area contributed by atoms with Crippen molar-refractivity contribution in [3.63, 3.8) is 0 Å². The summed E-state index contributed by atoms with van der Waals surface area (Å²) in [7, 11) is 0. The summed E-state index contributed by atoms with van der Waals surface area (Å²) in [5, 5.41) is 13.5. The first-order valence-electron chi connectivity index (χ1n) is 15.1. The van der Waals surface area contributed by atoms with E-state index in [9.17, 15) is 14.7 Å². The SMILES string of the molecule is CCCCCCCN(CCOc1ccc(CC(C)(Oc2ccc(C(C)C)cc2)C(=O)O)cc1)C(=O)Nc1ccc(Cl)cc1. The van der Waals surface area contributed by atoms with Crippen LogP contribution in [0.4, 0.5) is 10.5 Å². The fourth-order valence-corrected chi connectivity index (χ4v) is 4.79. The van der Waals surface area contributed by atoms with E-state index in [0.717, 1.165) is 30.4 Å². The zero-order chi connectivity index (χ0) is 31.2. The Morgan fingerprint density at radius 1 is 0.884 bits per heavy atom. The van der Waals surface area contributed by atoms with Gasteiger partial charge in [0.05, 0.1) is 6.54 Å². The van der Waals surface area contributed by atoms with Crippen molar-refractivity contribution in [2.75, 3.05) is 25.0 Å². The van der Waals surface area contributed by atoms with Gasteiger partial charge in [-0.15, -0.1) is 0 Å². The number of carbonyl (C=O) groups excluding carboxylic acids is 1. The fourth-order valence-electron chi connectivity index (χ4n) is 4.66. The maximum absolute atomic E-state index is 13.0. The molecule has 232 valence electrons. The maximum Gasteiger partial charge on any atom is 0.348 e. The molecule has 0 aromatic heterocycles. The Morgan fingerprint density at radius 3 is 2.12 bits per heavy atom. The van der Waals surface area contributed by atoms with Crippen LogP contribution in [0.25, 0.3) is 0 Å². The molecule has 0 fully saturated rings. The van der Waals surface area contributed by atoms with Gasteiger partial charge in [-0.2, -0.15) is 0 Å². The summed E-state index contributed by atoms with van der Waals surface area (Å²) in [5.41, 5.74) is 1.23. The molecule has 3 rings (SSSR count). The first-order chi connectivity index (χ1) is 20.6. The summed E-state index contributed by atoms with van der Waals surface area (Å²) in [6.07, 6.45) is 5.70. The summed E-state index contributed by atoms with van der Waals surface area (Å²) in [6.45, 7) is 9.37. The standard InChI is InChI=1S/C35H45ClN2O5/c1-5-6-7-8-9-22-38(34(41)37-30-16-14-29(36)15-17-30)23-24-42-31-18-10-27(11-19-31)25-35(4,33(39)40)43-32-20-12-28(13-21-32)26(2)3/h10-21,26H,5-9,22-25H2,1-4H3,(H,37,41)(H,39,40). The lowest BCUT2D eigenvalue weighted by Crippen LogP contribution is -2.43. The molecule has 0 saturated carbocycles. The average Bonchev–Trinajstić information content (AvgIpc) is 2.98. The van der Waals surface area contributed by atoms with Crippen molar-refractivity contribution in [1.29, 1.82) is 0 Å². The van der Waals surface area contributed by atoms with Crippen LogP contribution in [0.1, 0.15) is 76.8 Å². The molecule has 0 radical (unpaired) electrons. The molecule has 43 heavy (non-hydrogen) atoms. The van der Waals surface area contributed by atoms with Crippen LogP contribution >= 0.6 is 11.6 Å². The number of benzene rings is 3. The van der Waals surface area contributed by atoms with E-state index in [4.69, 9.17) is 21.1 Å². The number of rotatable bonds is 17. The van der Waals surface area contributed by atoms with Gasteiger partial charge in [-0.25, -0.2) is 9.59 Å². The van der Waals surface area contributed by atoms with Crippen molar-refractivity contribution < 1.29 is 24.2 Å². The number of ether oxygens (including phenoxy) is 2. The molecule has 0 aliphatic rings. The minimum absolute atomic E-state index is 0.177. The Kier molecular flexibility index (Phi) is 13.2. The van der Waals surface area contributed by atoms with Gasteiger partial charge in [0.2, 0.25) is 5.60 Å². The molecular weight excluding hydrogens is 564 g/mol. The van der Waals surface area contributed by atoms with E-state index in [0.29, 0.717) is 47.8 Å². The van der Waals surface area contributed by atoms with Gasteiger partial charge < -0.3 is 24.8 Å².